The quantitative estimate of drug-likeness (QED) is 0.347. The first-order chi connectivity index (χ1) is 10.4. The van der Waals surface area contributed by atoms with E-state index in [-0.39, 0.29) is 18.1 Å². The molecule has 0 aromatic heterocycles. The zero-order chi connectivity index (χ0) is 16.3. The van der Waals surface area contributed by atoms with E-state index in [0.29, 0.717) is 16.5 Å². The molecule has 1 amide bonds. The van der Waals surface area contributed by atoms with E-state index in [1.807, 2.05) is 0 Å². The lowest BCUT2D eigenvalue weighted by Crippen LogP contribution is -2.34. The molecule has 0 bridgehead atoms. The first-order valence-electron chi connectivity index (χ1n) is 6.30. The van der Waals surface area contributed by atoms with Crippen LogP contribution in [0.4, 0.5) is 5.69 Å². The number of hydrazone groups is 1. The minimum atomic E-state index is -1.05. The van der Waals surface area contributed by atoms with Crippen molar-refractivity contribution < 1.29 is 14.7 Å². The third-order valence-corrected chi connectivity index (χ3v) is 2.95. The van der Waals surface area contributed by atoms with Crippen molar-refractivity contribution in [1.82, 2.24) is 0 Å². The predicted octanol–water partition coefficient (Wildman–Crippen LogP) is 0.0181. The maximum Gasteiger partial charge on any atom is 0.336 e. The highest BCUT2D eigenvalue weighted by atomic mass is 16.4. The van der Waals surface area contributed by atoms with E-state index in [9.17, 15) is 14.7 Å². The number of amides is 1. The van der Waals surface area contributed by atoms with Crippen molar-refractivity contribution in [2.24, 2.45) is 22.3 Å². The Morgan fingerprint density at radius 3 is 2.23 bits per heavy atom. The van der Waals surface area contributed by atoms with E-state index in [4.69, 9.17) is 17.2 Å². The van der Waals surface area contributed by atoms with Crippen molar-refractivity contribution >= 4 is 34.3 Å². The maximum absolute atomic E-state index is 11.3. The molecule has 0 aliphatic carbocycles. The normalized spacial score (nSPS) is 10.2. The molecule has 0 spiro atoms. The number of nitrogens with zero attached hydrogens (tertiary/aromatic N) is 2. The molecule has 0 aliphatic heterocycles. The average Bonchev–Trinajstić information content (AvgIpc) is 2.44. The summed E-state index contributed by atoms with van der Waals surface area (Å²) in [6.45, 7) is -0.242. The van der Waals surface area contributed by atoms with Crippen LogP contribution in [0.25, 0.3) is 10.8 Å². The van der Waals surface area contributed by atoms with Crippen molar-refractivity contribution in [2.45, 2.75) is 0 Å². The van der Waals surface area contributed by atoms with Crippen LogP contribution in [0, 0.1) is 0 Å². The Morgan fingerprint density at radius 1 is 1.05 bits per heavy atom. The number of hydrogen-bond acceptors (Lipinski definition) is 4. The van der Waals surface area contributed by atoms with Gasteiger partial charge in [-0.25, -0.2) is 4.79 Å². The summed E-state index contributed by atoms with van der Waals surface area (Å²) in [4.78, 5) is 22.5. The second kappa shape index (κ2) is 6.00. The molecule has 0 heterocycles. The third kappa shape index (κ3) is 3.06. The maximum atomic E-state index is 11.3. The van der Waals surface area contributed by atoms with Crippen LogP contribution >= 0.6 is 0 Å². The number of carbonyl (C=O) groups is 2. The average molecular weight is 301 g/mol. The summed E-state index contributed by atoms with van der Waals surface area (Å²) < 4.78 is 0. The summed E-state index contributed by atoms with van der Waals surface area (Å²) in [5.74, 6) is -1.92. The number of benzene rings is 2. The minimum Gasteiger partial charge on any atom is -0.478 e. The topological polar surface area (TPSA) is 148 Å². The number of nitrogens with two attached hydrogens (primary N) is 3. The summed E-state index contributed by atoms with van der Waals surface area (Å²) in [5, 5.41) is 15.5. The highest BCUT2D eigenvalue weighted by Gasteiger charge is 2.16. The number of carbonyl (C=O) groups excluding carboxylic acids is 1. The van der Waals surface area contributed by atoms with Crippen molar-refractivity contribution in [3.8, 4) is 0 Å². The van der Waals surface area contributed by atoms with Gasteiger partial charge in [-0.05, 0) is 17.5 Å². The summed E-state index contributed by atoms with van der Waals surface area (Å²) in [5.41, 5.74) is 16.6. The molecule has 0 aliphatic rings. The molecule has 0 saturated carbocycles. The van der Waals surface area contributed by atoms with Gasteiger partial charge in [-0.3, -0.25) is 9.80 Å². The molecule has 0 radical (unpaired) electrons. The standard InChI is InChI=1S/C14H15N5O3/c15-12(20)7-19(18-14(16)17)11-6-5-10(13(21)22)8-3-1-2-4-9(8)11/h1-6H,7H2,(H2,15,20)(H,21,22)(H4,16,17,18). The first kappa shape index (κ1) is 15.1. The number of fused-ring (bicyclic) bond motifs is 1. The fraction of sp³-hybridized carbons (Fsp3) is 0.0714. The molecule has 0 fully saturated rings. The molecule has 0 atom stereocenters. The minimum absolute atomic E-state index is 0.142. The van der Waals surface area contributed by atoms with Gasteiger partial charge < -0.3 is 22.3 Å². The number of aromatic carboxylic acids is 1. The van der Waals surface area contributed by atoms with Crippen molar-refractivity contribution in [3.63, 3.8) is 0 Å². The molecule has 8 nitrogen and oxygen atoms in total. The van der Waals surface area contributed by atoms with Gasteiger partial charge in [0.2, 0.25) is 11.9 Å². The van der Waals surface area contributed by atoms with Gasteiger partial charge in [-0.15, -0.1) is 5.10 Å². The van der Waals surface area contributed by atoms with Crippen LogP contribution in [-0.2, 0) is 4.79 Å². The Balaban J connectivity index is 2.68. The molecule has 114 valence electrons. The SMILES string of the molecule is NC(=O)CN(N=C(N)N)c1ccc(C(=O)O)c2ccccc12. The molecule has 7 N–H and O–H groups in total. The Morgan fingerprint density at radius 2 is 1.68 bits per heavy atom. The highest BCUT2D eigenvalue weighted by molar-refractivity contribution is 6.08. The van der Waals surface area contributed by atoms with Crippen molar-refractivity contribution in [3.05, 3.63) is 42.0 Å². The molecule has 0 unspecified atom stereocenters. The third-order valence-electron chi connectivity index (χ3n) is 2.95. The lowest BCUT2D eigenvalue weighted by atomic mass is 10.0. The van der Waals surface area contributed by atoms with Crippen molar-refractivity contribution in [2.75, 3.05) is 11.6 Å². The summed E-state index contributed by atoms with van der Waals surface area (Å²) >= 11 is 0. The molecular formula is C14H15N5O3. The van der Waals surface area contributed by atoms with Gasteiger partial charge in [0.05, 0.1) is 11.3 Å². The van der Waals surface area contributed by atoms with E-state index in [2.05, 4.69) is 5.10 Å². The van der Waals surface area contributed by atoms with Crippen LogP contribution < -0.4 is 22.2 Å². The molecular weight excluding hydrogens is 286 g/mol. The van der Waals surface area contributed by atoms with Gasteiger partial charge in [-0.1, -0.05) is 24.3 Å². The van der Waals surface area contributed by atoms with Crippen LogP contribution in [0.2, 0.25) is 0 Å². The molecule has 22 heavy (non-hydrogen) atoms. The van der Waals surface area contributed by atoms with Gasteiger partial charge >= 0.3 is 5.97 Å². The van der Waals surface area contributed by atoms with Crippen LogP contribution in [0.15, 0.2) is 41.5 Å². The van der Waals surface area contributed by atoms with Gasteiger partial charge in [0.1, 0.15) is 6.54 Å². The number of rotatable bonds is 5. The van der Waals surface area contributed by atoms with Crippen molar-refractivity contribution in [1.29, 1.82) is 0 Å². The fourth-order valence-corrected chi connectivity index (χ4v) is 2.16. The largest absolute Gasteiger partial charge is 0.478 e. The van der Waals surface area contributed by atoms with E-state index in [0.717, 1.165) is 0 Å². The molecule has 2 rings (SSSR count). The van der Waals surface area contributed by atoms with E-state index < -0.39 is 11.9 Å². The first-order valence-corrected chi connectivity index (χ1v) is 6.30. The molecule has 2 aromatic carbocycles. The second-order valence-corrected chi connectivity index (χ2v) is 4.53. The van der Waals surface area contributed by atoms with Crippen LogP contribution in [0.3, 0.4) is 0 Å². The monoisotopic (exact) mass is 301 g/mol. The predicted molar refractivity (Wildman–Crippen MR) is 83.3 cm³/mol. The smallest absolute Gasteiger partial charge is 0.336 e. The fourth-order valence-electron chi connectivity index (χ4n) is 2.16. The van der Waals surface area contributed by atoms with Gasteiger partial charge in [0.25, 0.3) is 0 Å². The number of carboxylic acids is 1. The zero-order valence-corrected chi connectivity index (χ0v) is 11.6. The van der Waals surface area contributed by atoms with E-state index in [1.165, 1.54) is 17.1 Å². The lowest BCUT2D eigenvalue weighted by Gasteiger charge is -2.20. The molecule has 0 saturated heterocycles. The Kier molecular flexibility index (Phi) is 4.12. The number of guanidine groups is 1. The second-order valence-electron chi connectivity index (χ2n) is 4.53. The van der Waals surface area contributed by atoms with Crippen LogP contribution in [0.5, 0.6) is 0 Å². The zero-order valence-electron chi connectivity index (χ0n) is 11.6. The molecule has 2 aromatic rings. The van der Waals surface area contributed by atoms with E-state index >= 15 is 0 Å². The summed E-state index contributed by atoms with van der Waals surface area (Å²) in [7, 11) is 0. The van der Waals surface area contributed by atoms with E-state index in [1.54, 1.807) is 24.3 Å². The lowest BCUT2D eigenvalue weighted by molar-refractivity contribution is -0.116. The van der Waals surface area contributed by atoms with Crippen LogP contribution in [-0.4, -0.2) is 29.5 Å². The molecule has 8 heteroatoms. The number of hydrogen-bond donors (Lipinski definition) is 4. The van der Waals surface area contributed by atoms with Crippen LogP contribution in [0.1, 0.15) is 10.4 Å². The highest BCUT2D eigenvalue weighted by Crippen LogP contribution is 2.29. The Hall–Kier alpha value is -3.29. The van der Waals surface area contributed by atoms with Gasteiger partial charge in [0.15, 0.2) is 0 Å². The number of carboxylic acid groups (broad SMARTS) is 1. The number of primary amides is 1. The Labute approximate surface area is 125 Å². The van der Waals surface area contributed by atoms with Gasteiger partial charge in [0, 0.05) is 5.39 Å². The summed E-state index contributed by atoms with van der Waals surface area (Å²) in [6.07, 6.45) is 0. The number of anilines is 1. The van der Waals surface area contributed by atoms with Gasteiger partial charge in [-0.2, -0.15) is 0 Å². The summed E-state index contributed by atoms with van der Waals surface area (Å²) in [6, 6.07) is 9.80. The Bertz CT molecular complexity index is 768.